The largest absolute Gasteiger partial charge is 0.478 e. The lowest BCUT2D eigenvalue weighted by molar-refractivity contribution is -0.217. The van der Waals surface area contributed by atoms with Crippen LogP contribution in [0.5, 0.6) is 0 Å². The van der Waals surface area contributed by atoms with Gasteiger partial charge in [0.05, 0.1) is 11.0 Å². The van der Waals surface area contributed by atoms with E-state index in [-0.39, 0.29) is 12.1 Å². The monoisotopic (exact) mass is 434 g/mol. The van der Waals surface area contributed by atoms with Gasteiger partial charge in [0.1, 0.15) is 0 Å². The Morgan fingerprint density at radius 2 is 1.52 bits per heavy atom. The fraction of sp³-hybridized carbons (Fsp3) is 0.458. The van der Waals surface area contributed by atoms with E-state index in [1.165, 1.54) is 13.8 Å². The van der Waals surface area contributed by atoms with Crippen LogP contribution in [0.4, 0.5) is 18.9 Å². The van der Waals surface area contributed by atoms with Crippen LogP contribution in [0.2, 0.25) is 0 Å². The summed E-state index contributed by atoms with van der Waals surface area (Å²) >= 11 is 0. The van der Waals surface area contributed by atoms with E-state index in [9.17, 15) is 18.0 Å². The molecule has 7 heteroatoms. The molecule has 0 aromatic heterocycles. The van der Waals surface area contributed by atoms with Crippen molar-refractivity contribution >= 4 is 11.7 Å². The van der Waals surface area contributed by atoms with Crippen molar-refractivity contribution in [3.63, 3.8) is 0 Å². The van der Waals surface area contributed by atoms with Gasteiger partial charge in [-0.15, -0.1) is 0 Å². The summed E-state index contributed by atoms with van der Waals surface area (Å²) in [5.41, 5.74) is 1.52. The summed E-state index contributed by atoms with van der Waals surface area (Å²) in [4.78, 5) is 12.9. The number of hydrogen-bond donors (Lipinski definition) is 2. The summed E-state index contributed by atoms with van der Waals surface area (Å²) in [6.45, 7) is 4.76. The fourth-order valence-corrected chi connectivity index (χ4v) is 3.85. The molecule has 168 valence electrons. The van der Waals surface area contributed by atoms with E-state index < -0.39 is 17.6 Å². The molecule has 1 saturated heterocycles. The number of nitrogens with one attached hydrogen (secondary N) is 1. The van der Waals surface area contributed by atoms with Crippen LogP contribution in [0.1, 0.15) is 37.0 Å². The number of piperidine rings is 1. The third kappa shape index (κ3) is 6.00. The van der Waals surface area contributed by atoms with Crippen LogP contribution in [0.15, 0.2) is 48.5 Å². The predicted molar refractivity (Wildman–Crippen MR) is 116 cm³/mol. The second kappa shape index (κ2) is 9.30. The fourth-order valence-electron chi connectivity index (χ4n) is 3.85. The number of likely N-dealkylation sites (tertiary alicyclic amines) is 1. The van der Waals surface area contributed by atoms with Gasteiger partial charge in [-0.2, -0.15) is 13.2 Å². The molecule has 1 aliphatic rings. The van der Waals surface area contributed by atoms with Gasteiger partial charge in [0.25, 0.3) is 0 Å². The Balaban J connectivity index is 1.46. The molecule has 0 spiro atoms. The van der Waals surface area contributed by atoms with Crippen LogP contribution in [0, 0.1) is 11.3 Å². The highest BCUT2D eigenvalue weighted by atomic mass is 19.4. The number of carbonyl (C=O) groups is 1. The summed E-state index contributed by atoms with van der Waals surface area (Å²) in [5, 5.41) is 12.4. The van der Waals surface area contributed by atoms with Crippen LogP contribution in [-0.4, -0.2) is 48.3 Å². The van der Waals surface area contributed by atoms with Crippen LogP contribution in [0.3, 0.4) is 0 Å². The van der Waals surface area contributed by atoms with Crippen molar-refractivity contribution in [1.82, 2.24) is 4.90 Å². The first-order chi connectivity index (χ1) is 14.5. The van der Waals surface area contributed by atoms with E-state index >= 15 is 0 Å². The highest BCUT2D eigenvalue weighted by Gasteiger charge is 2.48. The third-order valence-electron chi connectivity index (χ3n) is 6.04. The van der Waals surface area contributed by atoms with Gasteiger partial charge in [0.15, 0.2) is 0 Å². The molecule has 0 aliphatic carbocycles. The van der Waals surface area contributed by atoms with Gasteiger partial charge in [-0.3, -0.25) is 0 Å². The molecule has 0 bridgehead atoms. The lowest BCUT2D eigenvalue weighted by Crippen LogP contribution is -2.46. The van der Waals surface area contributed by atoms with Crippen LogP contribution in [-0.2, 0) is 0 Å². The molecule has 31 heavy (non-hydrogen) atoms. The molecule has 1 heterocycles. The molecule has 0 radical (unpaired) electrons. The molecule has 2 N–H and O–H groups in total. The van der Waals surface area contributed by atoms with E-state index in [0.717, 1.165) is 36.2 Å². The van der Waals surface area contributed by atoms with Crippen LogP contribution in [0.25, 0.3) is 11.1 Å². The molecule has 1 fully saturated rings. The Hall–Kier alpha value is -2.54. The van der Waals surface area contributed by atoms with Crippen molar-refractivity contribution in [1.29, 1.82) is 0 Å². The number of carboxylic acids is 1. The Bertz CT molecular complexity index is 869. The Morgan fingerprint density at radius 3 is 2.00 bits per heavy atom. The van der Waals surface area contributed by atoms with Gasteiger partial charge in [-0.05, 0) is 81.1 Å². The van der Waals surface area contributed by atoms with E-state index in [1.807, 2.05) is 29.2 Å². The van der Waals surface area contributed by atoms with Crippen molar-refractivity contribution < 1.29 is 23.1 Å². The van der Waals surface area contributed by atoms with Gasteiger partial charge in [-0.25, -0.2) is 4.79 Å². The maximum atomic E-state index is 13.1. The second-order valence-electron chi connectivity index (χ2n) is 8.94. The topological polar surface area (TPSA) is 52.6 Å². The van der Waals surface area contributed by atoms with Gasteiger partial charge in [0.2, 0.25) is 0 Å². The Labute approximate surface area is 181 Å². The molecule has 0 unspecified atom stereocenters. The normalized spacial score (nSPS) is 16.3. The van der Waals surface area contributed by atoms with Crippen molar-refractivity contribution in [3.05, 3.63) is 54.1 Å². The van der Waals surface area contributed by atoms with Crippen molar-refractivity contribution in [2.24, 2.45) is 11.3 Å². The van der Waals surface area contributed by atoms with Gasteiger partial charge < -0.3 is 15.3 Å². The number of aromatic carboxylic acids is 1. The van der Waals surface area contributed by atoms with Crippen molar-refractivity contribution in [3.8, 4) is 11.1 Å². The molecular formula is C24H29F3N2O2. The average Bonchev–Trinajstić information content (AvgIpc) is 2.73. The van der Waals surface area contributed by atoms with Gasteiger partial charge in [0, 0.05) is 18.8 Å². The number of benzene rings is 2. The number of anilines is 1. The molecule has 0 saturated carbocycles. The molecule has 4 nitrogen and oxygen atoms in total. The van der Waals surface area contributed by atoms with Crippen LogP contribution < -0.4 is 5.32 Å². The maximum Gasteiger partial charge on any atom is 0.395 e. The molecule has 0 atom stereocenters. The minimum absolute atomic E-state index is 0.0472. The van der Waals surface area contributed by atoms with E-state index in [2.05, 4.69) is 5.32 Å². The zero-order valence-corrected chi connectivity index (χ0v) is 17.9. The predicted octanol–water partition coefficient (Wildman–Crippen LogP) is 5.76. The molecule has 2 aromatic carbocycles. The SMILES string of the molecule is CC(C)(CN1CCC(CNc2ccc(-c3ccc(C(=O)O)cc3)cc2)CC1)C(F)(F)F. The van der Waals surface area contributed by atoms with Crippen molar-refractivity contribution in [2.75, 3.05) is 31.5 Å². The number of alkyl halides is 3. The first-order valence-electron chi connectivity index (χ1n) is 10.5. The minimum Gasteiger partial charge on any atom is -0.478 e. The molecule has 1 aliphatic heterocycles. The number of nitrogens with zero attached hydrogens (tertiary/aromatic N) is 1. The van der Waals surface area contributed by atoms with E-state index in [0.29, 0.717) is 19.0 Å². The Kier molecular flexibility index (Phi) is 6.94. The molecule has 3 rings (SSSR count). The average molecular weight is 435 g/mol. The number of carboxylic acid groups (broad SMARTS) is 1. The van der Waals surface area contributed by atoms with Gasteiger partial charge >= 0.3 is 12.1 Å². The zero-order valence-electron chi connectivity index (χ0n) is 17.9. The lowest BCUT2D eigenvalue weighted by atomic mass is 9.89. The molecule has 2 aromatic rings. The first kappa shape index (κ1) is 23.1. The lowest BCUT2D eigenvalue weighted by Gasteiger charge is -2.38. The highest BCUT2D eigenvalue weighted by Crippen LogP contribution is 2.38. The second-order valence-corrected chi connectivity index (χ2v) is 8.94. The van der Waals surface area contributed by atoms with Crippen LogP contribution >= 0.6 is 0 Å². The Morgan fingerprint density at radius 1 is 1.00 bits per heavy atom. The zero-order chi connectivity index (χ0) is 22.6. The molecular weight excluding hydrogens is 405 g/mol. The van der Waals surface area contributed by atoms with E-state index in [1.54, 1.807) is 24.3 Å². The summed E-state index contributed by atoms with van der Waals surface area (Å²) in [6, 6.07) is 14.7. The highest BCUT2D eigenvalue weighted by molar-refractivity contribution is 5.88. The smallest absolute Gasteiger partial charge is 0.395 e. The summed E-state index contributed by atoms with van der Waals surface area (Å²) in [6.07, 6.45) is -2.42. The quantitative estimate of drug-likeness (QED) is 0.581. The minimum atomic E-state index is -4.18. The summed E-state index contributed by atoms with van der Waals surface area (Å²) < 4.78 is 39.3. The third-order valence-corrected chi connectivity index (χ3v) is 6.04. The number of halogens is 3. The number of hydrogen-bond acceptors (Lipinski definition) is 3. The van der Waals surface area contributed by atoms with E-state index in [4.69, 9.17) is 5.11 Å². The molecule has 0 amide bonds. The standard InChI is InChI=1S/C24H29F3N2O2/c1-23(2,24(25,26)27)16-29-13-11-17(12-14-29)15-28-21-9-7-19(8-10-21)18-3-5-20(6-4-18)22(30)31/h3-10,17,28H,11-16H2,1-2H3,(H,30,31). The number of rotatable bonds is 7. The summed E-state index contributed by atoms with van der Waals surface area (Å²) in [5.74, 6) is -0.505. The first-order valence-corrected chi connectivity index (χ1v) is 10.5. The summed E-state index contributed by atoms with van der Waals surface area (Å²) in [7, 11) is 0. The van der Waals surface area contributed by atoms with Crippen molar-refractivity contribution in [2.45, 2.75) is 32.9 Å². The maximum absolute atomic E-state index is 13.1. The van der Waals surface area contributed by atoms with Gasteiger partial charge in [-0.1, -0.05) is 24.3 Å².